The zero-order valence-corrected chi connectivity index (χ0v) is 15.4. The molecule has 0 aromatic heterocycles. The van der Waals surface area contributed by atoms with Gasteiger partial charge in [-0.15, -0.1) is 0 Å². The fourth-order valence-corrected chi connectivity index (χ4v) is 4.27. The van der Waals surface area contributed by atoms with Crippen LogP contribution >= 0.6 is 0 Å². The number of benzene rings is 2. The van der Waals surface area contributed by atoms with E-state index < -0.39 is 11.2 Å². The number of nitrogens with one attached hydrogen (secondary N) is 1. The summed E-state index contributed by atoms with van der Waals surface area (Å²) in [5.41, 5.74) is -0.419. The van der Waals surface area contributed by atoms with Gasteiger partial charge in [0.15, 0.2) is 0 Å². The molecule has 0 saturated carbocycles. The van der Waals surface area contributed by atoms with Crippen LogP contribution in [0.15, 0.2) is 60.7 Å². The van der Waals surface area contributed by atoms with E-state index >= 15 is 0 Å². The number of hydrogen-bond acceptors (Lipinski definition) is 2. The summed E-state index contributed by atoms with van der Waals surface area (Å²) in [5.74, 6) is 0.127. The highest BCUT2D eigenvalue weighted by atomic mass is 16.3. The third kappa shape index (κ3) is 3.50. The minimum Gasteiger partial charge on any atom is -0.389 e. The first kappa shape index (κ1) is 18.1. The lowest BCUT2D eigenvalue weighted by molar-refractivity contribution is -0.916. The van der Waals surface area contributed by atoms with Crippen LogP contribution in [0.2, 0.25) is 0 Å². The number of piperidine rings is 1. The van der Waals surface area contributed by atoms with Crippen LogP contribution in [0.4, 0.5) is 0 Å². The van der Waals surface area contributed by atoms with Gasteiger partial charge in [0.1, 0.15) is 5.60 Å². The molecule has 2 aromatic rings. The van der Waals surface area contributed by atoms with Crippen LogP contribution in [0.3, 0.4) is 0 Å². The molecule has 3 rings (SSSR count). The van der Waals surface area contributed by atoms with Crippen LogP contribution in [-0.4, -0.2) is 35.4 Å². The molecule has 3 heteroatoms. The number of quaternary nitrogens is 1. The van der Waals surface area contributed by atoms with Crippen LogP contribution in [0.25, 0.3) is 0 Å². The van der Waals surface area contributed by atoms with Crippen LogP contribution in [-0.2, 0) is 5.60 Å². The molecule has 25 heavy (non-hydrogen) atoms. The van der Waals surface area contributed by atoms with Crippen molar-refractivity contribution in [3.63, 3.8) is 0 Å². The second kappa shape index (κ2) is 6.91. The maximum absolute atomic E-state index is 11.8. The molecule has 1 fully saturated rings. The van der Waals surface area contributed by atoms with E-state index in [4.69, 9.17) is 0 Å². The Morgan fingerprint density at radius 3 is 1.96 bits per heavy atom. The molecule has 1 saturated heterocycles. The Balaban J connectivity index is 2.02. The molecular formula is C22H30NO2+. The summed E-state index contributed by atoms with van der Waals surface area (Å²) in [6.07, 6.45) is 1.01. The molecule has 2 aromatic carbocycles. The van der Waals surface area contributed by atoms with E-state index in [1.807, 2.05) is 60.7 Å². The molecule has 0 radical (unpaired) electrons. The standard InChI is InChI=1S/C22H29NO2/c1-17-15-23(3)18(2)14-21(17,24)16-22(25,19-10-6-4-7-11-19)20-12-8-5-9-13-20/h4-13,17-18,24-25H,14-16H2,1-3H3/p+1/t17-,18-,21-/m0/s1. The van der Waals surface area contributed by atoms with Gasteiger partial charge in [-0.3, -0.25) is 0 Å². The highest BCUT2D eigenvalue weighted by Crippen LogP contribution is 2.41. The lowest BCUT2D eigenvalue weighted by Gasteiger charge is -2.47. The monoisotopic (exact) mass is 340 g/mol. The maximum Gasteiger partial charge on any atom is 0.117 e. The van der Waals surface area contributed by atoms with Gasteiger partial charge in [-0.2, -0.15) is 0 Å². The highest BCUT2D eigenvalue weighted by molar-refractivity contribution is 5.36. The average Bonchev–Trinajstić information content (AvgIpc) is 2.61. The van der Waals surface area contributed by atoms with E-state index in [0.717, 1.165) is 17.7 Å². The third-order valence-electron chi connectivity index (χ3n) is 6.11. The lowest BCUT2D eigenvalue weighted by atomic mass is 9.69. The van der Waals surface area contributed by atoms with Crippen LogP contribution in [0.5, 0.6) is 0 Å². The Hall–Kier alpha value is -1.68. The Morgan fingerprint density at radius 1 is 1.00 bits per heavy atom. The van der Waals surface area contributed by atoms with Crippen LogP contribution in [0.1, 0.15) is 37.8 Å². The van der Waals surface area contributed by atoms with Gasteiger partial charge in [-0.05, 0) is 18.1 Å². The molecule has 1 unspecified atom stereocenters. The Kier molecular flexibility index (Phi) is 5.01. The Labute approximate surface area is 150 Å². The number of hydrogen-bond donors (Lipinski definition) is 3. The third-order valence-corrected chi connectivity index (χ3v) is 6.11. The summed E-state index contributed by atoms with van der Waals surface area (Å²) in [6.45, 7) is 5.19. The van der Waals surface area contributed by atoms with Gasteiger partial charge >= 0.3 is 0 Å². The summed E-state index contributed by atoms with van der Waals surface area (Å²) >= 11 is 0. The van der Waals surface area contributed by atoms with Crippen molar-refractivity contribution in [1.29, 1.82) is 0 Å². The van der Waals surface area contributed by atoms with Crippen molar-refractivity contribution < 1.29 is 15.1 Å². The zero-order valence-electron chi connectivity index (χ0n) is 15.4. The van der Waals surface area contributed by atoms with Crippen molar-refractivity contribution in [3.8, 4) is 0 Å². The van der Waals surface area contributed by atoms with E-state index in [0.29, 0.717) is 18.9 Å². The molecule has 1 heterocycles. The second-order valence-corrected chi connectivity index (χ2v) is 7.93. The first-order valence-electron chi connectivity index (χ1n) is 9.23. The number of rotatable bonds is 4. The summed E-state index contributed by atoms with van der Waals surface area (Å²) in [7, 11) is 2.18. The SMILES string of the molecule is C[C@H]1C[C@](O)(CC(O)(c2ccccc2)c2ccccc2)[C@@H](C)C[NH+]1C. The van der Waals surface area contributed by atoms with Crippen molar-refractivity contribution in [1.82, 2.24) is 0 Å². The van der Waals surface area contributed by atoms with Crippen molar-refractivity contribution in [2.24, 2.45) is 5.92 Å². The van der Waals surface area contributed by atoms with Crippen molar-refractivity contribution in [2.75, 3.05) is 13.6 Å². The summed E-state index contributed by atoms with van der Waals surface area (Å²) < 4.78 is 0. The highest BCUT2D eigenvalue weighted by Gasteiger charge is 2.49. The van der Waals surface area contributed by atoms with Gasteiger partial charge in [-0.25, -0.2) is 0 Å². The largest absolute Gasteiger partial charge is 0.389 e. The molecule has 134 valence electrons. The van der Waals surface area contributed by atoms with Gasteiger partial charge in [0, 0.05) is 18.8 Å². The quantitative estimate of drug-likeness (QED) is 0.797. The first-order valence-corrected chi connectivity index (χ1v) is 9.23. The topological polar surface area (TPSA) is 44.9 Å². The molecule has 1 aliphatic rings. The molecule has 3 N–H and O–H groups in total. The van der Waals surface area contributed by atoms with Gasteiger partial charge in [-0.1, -0.05) is 67.6 Å². The Bertz CT molecular complexity index is 648. The Morgan fingerprint density at radius 2 is 1.48 bits per heavy atom. The first-order chi connectivity index (χ1) is 11.8. The van der Waals surface area contributed by atoms with Crippen LogP contribution < -0.4 is 4.90 Å². The predicted octanol–water partition coefficient (Wildman–Crippen LogP) is 1.99. The smallest absolute Gasteiger partial charge is 0.117 e. The normalized spacial score (nSPS) is 30.2. The van der Waals surface area contributed by atoms with Crippen LogP contribution in [0, 0.1) is 5.92 Å². The van der Waals surface area contributed by atoms with Crippen molar-refractivity contribution in [2.45, 2.75) is 43.9 Å². The minimum atomic E-state index is -1.20. The van der Waals surface area contributed by atoms with Gasteiger partial charge < -0.3 is 15.1 Å². The van der Waals surface area contributed by atoms with Crippen molar-refractivity contribution >= 4 is 0 Å². The molecule has 4 atom stereocenters. The van der Waals surface area contributed by atoms with E-state index in [9.17, 15) is 10.2 Å². The number of aliphatic hydroxyl groups is 2. The van der Waals surface area contributed by atoms with E-state index in [1.54, 1.807) is 0 Å². The molecule has 1 aliphatic heterocycles. The fourth-order valence-electron chi connectivity index (χ4n) is 4.27. The molecule has 0 aliphatic carbocycles. The van der Waals surface area contributed by atoms with E-state index in [2.05, 4.69) is 20.9 Å². The van der Waals surface area contributed by atoms with Gasteiger partial charge in [0.05, 0.1) is 25.2 Å². The average molecular weight is 340 g/mol. The molecule has 0 bridgehead atoms. The fraction of sp³-hybridized carbons (Fsp3) is 0.455. The van der Waals surface area contributed by atoms with Gasteiger partial charge in [0.2, 0.25) is 0 Å². The minimum absolute atomic E-state index is 0.127. The van der Waals surface area contributed by atoms with E-state index in [1.165, 1.54) is 4.90 Å². The molecule has 0 spiro atoms. The van der Waals surface area contributed by atoms with E-state index in [-0.39, 0.29) is 5.92 Å². The second-order valence-electron chi connectivity index (χ2n) is 7.93. The summed E-state index contributed by atoms with van der Waals surface area (Å²) in [4.78, 5) is 1.44. The molecule has 3 nitrogen and oxygen atoms in total. The summed E-state index contributed by atoms with van der Waals surface area (Å²) in [5, 5.41) is 23.3. The van der Waals surface area contributed by atoms with Crippen molar-refractivity contribution in [3.05, 3.63) is 71.8 Å². The van der Waals surface area contributed by atoms with Gasteiger partial charge in [0.25, 0.3) is 0 Å². The summed E-state index contributed by atoms with van der Waals surface area (Å²) in [6, 6.07) is 19.8. The molecular weight excluding hydrogens is 310 g/mol. The molecule has 0 amide bonds. The lowest BCUT2D eigenvalue weighted by Crippen LogP contribution is -3.15. The zero-order chi connectivity index (χ0) is 18.1. The number of likely N-dealkylation sites (tertiary alicyclic amines) is 1. The maximum atomic E-state index is 11.8. The predicted molar refractivity (Wildman–Crippen MR) is 100 cm³/mol.